The molecule has 0 spiro atoms. The van der Waals surface area contributed by atoms with E-state index in [1.54, 1.807) is 0 Å². The molecule has 0 aliphatic carbocycles. The summed E-state index contributed by atoms with van der Waals surface area (Å²) in [6.45, 7) is 7.67. The van der Waals surface area contributed by atoms with Crippen LogP contribution in [0.15, 0.2) is 10.7 Å². The predicted octanol–water partition coefficient (Wildman–Crippen LogP) is 4.82. The van der Waals surface area contributed by atoms with Crippen LogP contribution in [0.1, 0.15) is 58.7 Å². The molecule has 19 heavy (non-hydrogen) atoms. The largest absolute Gasteiger partial charge is 0.370 e. The Balaban J connectivity index is 2.55. The zero-order chi connectivity index (χ0) is 14.1. The van der Waals surface area contributed by atoms with Crippen LogP contribution in [0, 0.1) is 5.92 Å². The van der Waals surface area contributed by atoms with E-state index in [0.29, 0.717) is 0 Å². The topological polar surface area (TPSA) is 37.8 Å². The first-order valence-corrected chi connectivity index (χ1v) is 8.26. The molecule has 0 bridgehead atoms. The normalized spacial score (nSPS) is 12.4. The Kier molecular flexibility index (Phi) is 8.03. The van der Waals surface area contributed by atoms with Crippen LogP contribution < -0.4 is 5.32 Å². The first-order chi connectivity index (χ1) is 9.19. The monoisotopic (exact) mass is 327 g/mol. The van der Waals surface area contributed by atoms with Gasteiger partial charge in [0.1, 0.15) is 16.2 Å². The lowest BCUT2D eigenvalue weighted by Gasteiger charge is -2.16. The highest BCUT2D eigenvalue weighted by molar-refractivity contribution is 9.10. The van der Waals surface area contributed by atoms with E-state index in [0.717, 1.165) is 41.5 Å². The Hall–Kier alpha value is -0.640. The van der Waals surface area contributed by atoms with Crippen LogP contribution in [0.2, 0.25) is 0 Å². The second kappa shape index (κ2) is 9.29. The summed E-state index contributed by atoms with van der Waals surface area (Å²) in [6, 6.07) is 1.96. The number of unbranched alkanes of at least 4 members (excludes halogenated alkanes) is 1. The van der Waals surface area contributed by atoms with E-state index >= 15 is 0 Å². The van der Waals surface area contributed by atoms with E-state index in [4.69, 9.17) is 0 Å². The Morgan fingerprint density at radius 3 is 2.63 bits per heavy atom. The molecule has 0 amide bonds. The summed E-state index contributed by atoms with van der Waals surface area (Å²) in [7, 11) is 0. The third kappa shape index (κ3) is 6.37. The molecule has 108 valence electrons. The van der Waals surface area contributed by atoms with Crippen molar-refractivity contribution in [2.24, 2.45) is 5.92 Å². The van der Waals surface area contributed by atoms with Crippen LogP contribution in [-0.2, 0) is 6.42 Å². The molecule has 0 saturated carbocycles. The Labute approximate surface area is 125 Å². The molecular weight excluding hydrogens is 302 g/mol. The number of hydrogen-bond acceptors (Lipinski definition) is 3. The maximum atomic E-state index is 4.56. The number of nitrogens with zero attached hydrogens (tertiary/aromatic N) is 2. The fraction of sp³-hybridized carbons (Fsp3) is 0.733. The van der Waals surface area contributed by atoms with Crippen molar-refractivity contribution in [1.82, 2.24) is 9.97 Å². The highest BCUT2D eigenvalue weighted by Gasteiger charge is 2.07. The van der Waals surface area contributed by atoms with Crippen molar-refractivity contribution in [2.45, 2.75) is 59.3 Å². The minimum absolute atomic E-state index is 0.739. The zero-order valence-electron chi connectivity index (χ0n) is 12.4. The second-order valence-electron chi connectivity index (χ2n) is 5.04. The molecule has 0 fully saturated rings. The van der Waals surface area contributed by atoms with Gasteiger partial charge in [-0.3, -0.25) is 0 Å². The number of nitrogens with one attached hydrogen (secondary N) is 1. The van der Waals surface area contributed by atoms with Gasteiger partial charge in [0, 0.05) is 19.0 Å². The highest BCUT2D eigenvalue weighted by atomic mass is 79.9. The van der Waals surface area contributed by atoms with Gasteiger partial charge < -0.3 is 5.32 Å². The molecule has 1 N–H and O–H groups in total. The minimum Gasteiger partial charge on any atom is -0.370 e. The SMILES string of the molecule is CCCCC(CC)CNc1cc(Br)nc(CCC)n1. The standard InChI is InChI=1S/C15H26BrN3/c1-4-7-9-12(6-3)11-17-15-10-13(16)18-14(19-15)8-5-2/h10,12H,4-9,11H2,1-3H3,(H,17,18,19). The molecule has 0 saturated heterocycles. The van der Waals surface area contributed by atoms with E-state index in [-0.39, 0.29) is 0 Å². The van der Waals surface area contributed by atoms with Crippen molar-refractivity contribution in [3.05, 3.63) is 16.5 Å². The maximum Gasteiger partial charge on any atom is 0.132 e. The number of aromatic nitrogens is 2. The molecule has 0 aliphatic heterocycles. The Morgan fingerprint density at radius 1 is 1.21 bits per heavy atom. The number of halogens is 1. The third-order valence-electron chi connectivity index (χ3n) is 3.33. The fourth-order valence-corrected chi connectivity index (χ4v) is 2.50. The molecule has 0 radical (unpaired) electrons. The lowest BCUT2D eigenvalue weighted by atomic mass is 9.99. The van der Waals surface area contributed by atoms with E-state index in [1.165, 1.54) is 25.7 Å². The number of rotatable bonds is 9. The van der Waals surface area contributed by atoms with Crippen molar-refractivity contribution in [3.63, 3.8) is 0 Å². The Morgan fingerprint density at radius 2 is 2.00 bits per heavy atom. The van der Waals surface area contributed by atoms with Gasteiger partial charge in [-0.2, -0.15) is 0 Å². The average molecular weight is 328 g/mol. The number of hydrogen-bond donors (Lipinski definition) is 1. The maximum absolute atomic E-state index is 4.56. The van der Waals surface area contributed by atoms with Crippen LogP contribution in [0.25, 0.3) is 0 Å². The van der Waals surface area contributed by atoms with Crippen LogP contribution in [0.5, 0.6) is 0 Å². The van der Waals surface area contributed by atoms with Gasteiger partial charge in [-0.15, -0.1) is 0 Å². The highest BCUT2D eigenvalue weighted by Crippen LogP contribution is 2.16. The summed E-state index contributed by atoms with van der Waals surface area (Å²) < 4.78 is 0.870. The molecule has 1 atom stereocenters. The van der Waals surface area contributed by atoms with Crippen molar-refractivity contribution >= 4 is 21.7 Å². The molecule has 0 aliphatic rings. The van der Waals surface area contributed by atoms with Gasteiger partial charge >= 0.3 is 0 Å². The molecule has 1 aromatic rings. The summed E-state index contributed by atoms with van der Waals surface area (Å²) in [5, 5.41) is 3.46. The summed E-state index contributed by atoms with van der Waals surface area (Å²) in [5.41, 5.74) is 0. The van der Waals surface area contributed by atoms with E-state index in [1.807, 2.05) is 6.07 Å². The van der Waals surface area contributed by atoms with Gasteiger partial charge in [0.25, 0.3) is 0 Å². The molecule has 0 aromatic carbocycles. The number of anilines is 1. The van der Waals surface area contributed by atoms with E-state index in [2.05, 4.69) is 52.0 Å². The lowest BCUT2D eigenvalue weighted by molar-refractivity contribution is 0.472. The van der Waals surface area contributed by atoms with Crippen LogP contribution in [0.4, 0.5) is 5.82 Å². The first-order valence-electron chi connectivity index (χ1n) is 7.46. The van der Waals surface area contributed by atoms with Crippen molar-refractivity contribution in [3.8, 4) is 0 Å². The van der Waals surface area contributed by atoms with Gasteiger partial charge in [-0.05, 0) is 34.7 Å². The fourth-order valence-electron chi connectivity index (χ4n) is 2.08. The summed E-state index contributed by atoms with van der Waals surface area (Å²) in [6.07, 6.45) is 7.12. The first kappa shape index (κ1) is 16.4. The molecule has 4 heteroatoms. The summed E-state index contributed by atoms with van der Waals surface area (Å²) in [5.74, 6) is 2.60. The van der Waals surface area contributed by atoms with Gasteiger partial charge in [-0.1, -0.05) is 40.0 Å². The van der Waals surface area contributed by atoms with Gasteiger partial charge in [0.15, 0.2) is 0 Å². The van der Waals surface area contributed by atoms with Gasteiger partial charge in [-0.25, -0.2) is 9.97 Å². The van der Waals surface area contributed by atoms with Crippen LogP contribution in [-0.4, -0.2) is 16.5 Å². The lowest BCUT2D eigenvalue weighted by Crippen LogP contribution is -2.15. The number of aryl methyl sites for hydroxylation is 1. The summed E-state index contributed by atoms with van der Waals surface area (Å²) >= 11 is 3.46. The van der Waals surface area contributed by atoms with E-state index < -0.39 is 0 Å². The quantitative estimate of drug-likeness (QED) is 0.660. The third-order valence-corrected chi connectivity index (χ3v) is 3.74. The van der Waals surface area contributed by atoms with Crippen molar-refractivity contribution in [2.75, 3.05) is 11.9 Å². The Bertz CT molecular complexity index is 368. The van der Waals surface area contributed by atoms with Crippen molar-refractivity contribution in [1.29, 1.82) is 0 Å². The molecule has 3 nitrogen and oxygen atoms in total. The zero-order valence-corrected chi connectivity index (χ0v) is 14.0. The predicted molar refractivity (Wildman–Crippen MR) is 85.5 cm³/mol. The second-order valence-corrected chi connectivity index (χ2v) is 5.85. The van der Waals surface area contributed by atoms with Crippen LogP contribution in [0.3, 0.4) is 0 Å². The van der Waals surface area contributed by atoms with Gasteiger partial charge in [0.05, 0.1) is 0 Å². The average Bonchev–Trinajstić information content (AvgIpc) is 2.39. The molecule has 1 aromatic heterocycles. The smallest absolute Gasteiger partial charge is 0.132 e. The molecule has 1 heterocycles. The summed E-state index contributed by atoms with van der Waals surface area (Å²) in [4.78, 5) is 8.94. The van der Waals surface area contributed by atoms with Crippen molar-refractivity contribution < 1.29 is 0 Å². The molecule has 1 unspecified atom stereocenters. The minimum atomic E-state index is 0.739. The molecule has 1 rings (SSSR count). The molecular formula is C15H26BrN3. The van der Waals surface area contributed by atoms with Crippen LogP contribution >= 0.6 is 15.9 Å². The van der Waals surface area contributed by atoms with Gasteiger partial charge in [0.2, 0.25) is 0 Å². The van der Waals surface area contributed by atoms with E-state index in [9.17, 15) is 0 Å².